The summed E-state index contributed by atoms with van der Waals surface area (Å²) in [4.78, 5) is 95.4. The summed E-state index contributed by atoms with van der Waals surface area (Å²) in [6.45, 7) is 25.8. The molecule has 16 N–H and O–H groups in total. The summed E-state index contributed by atoms with van der Waals surface area (Å²) in [7, 11) is 3.69. The Morgan fingerprint density at radius 1 is 0.370 bits per heavy atom. The fourth-order valence-corrected chi connectivity index (χ4v) is 18.8. The minimum absolute atomic E-state index is 0. The standard InChI is InChI=1S/C25H48N4O2S2.C18H34N2O3S.C17H32N2O3.C14H25NO4.C5H14N2S2.CH4/c26-19-24(9-3-1-4-10-24)17-22(30)28-13-7-15-32-21-33-16-8-14-29-23(31)18-25(20-27)11-5-2-6-12-25;1-17(2,3)23-16(22)20-14-18(9-6-5-7-10-18)13-15(21)19-11-8-12-24-4;1-5-11-18-14(20)12-17(9-7-6-8-10-17)13-19-15(21)22-16(2,3)4;1-13(2,3)19-12(18)15-10-14(9-11(16)17)7-5-4-6-8-14;6-2-1-4-8-9-5-3-7;/h1-21,26-27H2,(H,28,30)(H,29,31);5-14H2,1-4H3,(H,19,21)(H,20,22);5-13H2,1-4H3,(H,18,20)(H,19,21);4-10H2,1-3H3,(H,15,18)(H,16,17);1-7H2;1H4. The number of nitrogens with one attached hydrogen (secondary N) is 7. The lowest BCUT2D eigenvalue weighted by atomic mass is 9.71. The van der Waals surface area contributed by atoms with Crippen LogP contribution in [0.15, 0.2) is 0 Å². The van der Waals surface area contributed by atoms with Crippen molar-refractivity contribution in [1.29, 1.82) is 0 Å². The summed E-state index contributed by atoms with van der Waals surface area (Å²) in [5.74, 6) is 5.13. The first-order valence-corrected chi connectivity index (χ1v) is 46.8. The molecule has 5 aliphatic rings. The molecule has 108 heavy (non-hydrogen) atoms. The lowest BCUT2D eigenvalue weighted by molar-refractivity contribution is -0.140. The number of hydrogen-bond acceptors (Lipinski definition) is 20. The lowest BCUT2D eigenvalue weighted by Crippen LogP contribution is -2.44. The van der Waals surface area contributed by atoms with Gasteiger partial charge in [0.15, 0.2) is 0 Å². The molecule has 0 aliphatic heterocycles. The molecule has 28 heteroatoms. The Hall–Kier alpha value is -3.25. The van der Waals surface area contributed by atoms with Gasteiger partial charge in [0.05, 0.1) is 6.42 Å². The quantitative estimate of drug-likeness (QED) is 0.0117. The second kappa shape index (κ2) is 59.4. The van der Waals surface area contributed by atoms with Crippen LogP contribution in [0, 0.1) is 27.1 Å². The van der Waals surface area contributed by atoms with Crippen LogP contribution in [0.25, 0.3) is 0 Å². The van der Waals surface area contributed by atoms with Gasteiger partial charge in [-0.15, -0.1) is 0 Å². The highest BCUT2D eigenvalue weighted by atomic mass is 33.1. The number of carboxylic acids is 1. The molecule has 0 aromatic rings. The van der Waals surface area contributed by atoms with Crippen LogP contribution < -0.4 is 60.2 Å². The number of ether oxygens (including phenoxy) is 3. The molecule has 23 nitrogen and oxygen atoms in total. The summed E-state index contributed by atoms with van der Waals surface area (Å²) in [6, 6.07) is 0. The molecule has 5 fully saturated rings. The molecule has 7 amide bonds. The maximum Gasteiger partial charge on any atom is 0.407 e. The predicted octanol–water partition coefficient (Wildman–Crippen LogP) is 15.4. The van der Waals surface area contributed by atoms with E-state index < -0.39 is 41.1 Å². The van der Waals surface area contributed by atoms with Crippen molar-refractivity contribution >= 4 is 105 Å². The number of rotatable bonds is 40. The Labute approximate surface area is 675 Å². The van der Waals surface area contributed by atoms with Gasteiger partial charge >= 0.3 is 24.2 Å². The first-order chi connectivity index (χ1) is 50.7. The predicted molar refractivity (Wildman–Crippen MR) is 458 cm³/mol. The molecule has 5 saturated carbocycles. The number of carbonyl (C=O) groups excluding carboxylic acids is 7. The monoisotopic (exact) mass is 1620 g/mol. The molecule has 0 atom stereocenters. The molecule has 0 heterocycles. The third-order valence-electron chi connectivity index (χ3n) is 20.0. The molecule has 5 rings (SSSR count). The van der Waals surface area contributed by atoms with E-state index in [4.69, 9.17) is 42.3 Å². The Balaban J connectivity index is 0.00000138. The SMILES string of the molecule is C.CC(C)(C)OC(=O)NCC1(CC(=O)O)CCCCC1.CCCNC(=O)CC1(CNC(=O)OC(C)(C)C)CCCCC1.CSCCCNC(=O)CC1(CNC(=O)OC(C)(C)C)CCCCC1.NCC1(CC(=O)NCCCSCSCCCNC(=O)CC2(CN)CCCCC2)CCCCC1.NCCCSSCCN. The smallest absolute Gasteiger partial charge is 0.407 e. The highest BCUT2D eigenvalue weighted by Gasteiger charge is 2.39. The van der Waals surface area contributed by atoms with E-state index in [1.54, 1.807) is 32.5 Å². The van der Waals surface area contributed by atoms with Gasteiger partial charge in [-0.3, -0.25) is 24.0 Å². The summed E-state index contributed by atoms with van der Waals surface area (Å²) >= 11 is 5.64. The molecule has 0 spiro atoms. The molecule has 0 aromatic heterocycles. The fourth-order valence-electron chi connectivity index (χ4n) is 14.3. The van der Waals surface area contributed by atoms with Crippen molar-refractivity contribution in [2.45, 2.75) is 318 Å². The maximum absolute atomic E-state index is 12.3. The molecule has 0 radical (unpaired) electrons. The van der Waals surface area contributed by atoms with Gasteiger partial charge < -0.3 is 79.5 Å². The summed E-state index contributed by atoms with van der Waals surface area (Å²) in [6.07, 6.45) is 35.7. The zero-order valence-electron chi connectivity index (χ0n) is 68.6. The number of hydrogen-bond donors (Lipinski definition) is 12. The van der Waals surface area contributed by atoms with Crippen LogP contribution in [-0.4, -0.2) is 182 Å². The highest BCUT2D eigenvalue weighted by Crippen LogP contribution is 2.43. The minimum atomic E-state index is -0.798. The van der Waals surface area contributed by atoms with E-state index in [2.05, 4.69) is 43.5 Å². The number of carbonyl (C=O) groups is 8. The first kappa shape index (κ1) is 105. The first-order valence-electron chi connectivity index (χ1n) is 40.6. The Kier molecular flexibility index (Phi) is 57.7. The molecule has 5 aliphatic carbocycles. The molecule has 0 bridgehead atoms. The highest BCUT2D eigenvalue weighted by molar-refractivity contribution is 8.76. The third-order valence-corrected chi connectivity index (χ3v) is 25.7. The van der Waals surface area contributed by atoms with Crippen molar-refractivity contribution < 1.29 is 57.7 Å². The van der Waals surface area contributed by atoms with Gasteiger partial charge in [0.1, 0.15) is 16.8 Å². The molecular weight excluding hydrogens is 1470 g/mol. The number of amides is 7. The maximum atomic E-state index is 12.3. The van der Waals surface area contributed by atoms with Gasteiger partial charge in [0.25, 0.3) is 0 Å². The van der Waals surface area contributed by atoms with Crippen molar-refractivity contribution in [2.24, 2.45) is 50.0 Å². The number of carboxylic acid groups (broad SMARTS) is 1. The van der Waals surface area contributed by atoms with Gasteiger partial charge in [-0.05, 0) is 229 Å². The van der Waals surface area contributed by atoms with E-state index >= 15 is 0 Å². The number of thioether (sulfide) groups is 3. The number of alkyl carbamates (subject to hydrolysis) is 3. The van der Waals surface area contributed by atoms with Crippen molar-refractivity contribution in [3.05, 3.63) is 0 Å². The van der Waals surface area contributed by atoms with Crippen LogP contribution in [0.3, 0.4) is 0 Å². The van der Waals surface area contributed by atoms with Crippen LogP contribution in [0.2, 0.25) is 0 Å². The zero-order chi connectivity index (χ0) is 80.0. The molecule has 0 unspecified atom stereocenters. The second-order valence-electron chi connectivity index (χ2n) is 33.5. The number of nitrogens with two attached hydrogens (primary N) is 4. The molecular formula is C80H157N11O12S5. The van der Waals surface area contributed by atoms with Crippen LogP contribution in [0.5, 0.6) is 0 Å². The topological polar surface area (TPSA) is 373 Å². The van der Waals surface area contributed by atoms with Gasteiger partial charge in [0.2, 0.25) is 23.6 Å². The van der Waals surface area contributed by atoms with E-state index in [1.807, 2.05) is 93.6 Å². The van der Waals surface area contributed by atoms with Crippen molar-refractivity contribution in [1.82, 2.24) is 37.2 Å². The summed E-state index contributed by atoms with van der Waals surface area (Å²) in [5, 5.41) is 30.7. The summed E-state index contributed by atoms with van der Waals surface area (Å²) in [5.41, 5.74) is 20.6. The zero-order valence-corrected chi connectivity index (χ0v) is 72.6. The molecule has 0 aromatic carbocycles. The van der Waals surface area contributed by atoms with E-state index in [-0.39, 0.29) is 64.6 Å². The van der Waals surface area contributed by atoms with E-state index in [0.717, 1.165) is 208 Å². The van der Waals surface area contributed by atoms with Gasteiger partial charge in [0, 0.05) is 94.6 Å². The van der Waals surface area contributed by atoms with Crippen molar-refractivity contribution in [3.63, 3.8) is 0 Å². The fraction of sp³-hybridized carbons (Fsp3) is 0.900. The number of aliphatic carboxylic acids is 1. The van der Waals surface area contributed by atoms with Gasteiger partial charge in [-0.1, -0.05) is 132 Å². The normalized spacial score (nSPS) is 17.5. The van der Waals surface area contributed by atoms with E-state index in [1.165, 1.54) is 51.4 Å². The lowest BCUT2D eigenvalue weighted by Gasteiger charge is -2.37. The molecule has 634 valence electrons. The Morgan fingerprint density at radius 3 is 0.935 bits per heavy atom. The summed E-state index contributed by atoms with van der Waals surface area (Å²) < 4.78 is 15.8. The van der Waals surface area contributed by atoms with Crippen molar-refractivity contribution in [2.75, 3.05) is 112 Å². The average molecular weight is 1630 g/mol. The largest absolute Gasteiger partial charge is 0.481 e. The molecule has 0 saturated heterocycles. The van der Waals surface area contributed by atoms with E-state index in [0.29, 0.717) is 65.0 Å². The van der Waals surface area contributed by atoms with Crippen LogP contribution in [0.4, 0.5) is 14.4 Å². The minimum Gasteiger partial charge on any atom is -0.481 e. The van der Waals surface area contributed by atoms with Crippen molar-refractivity contribution in [3.8, 4) is 0 Å². The Morgan fingerprint density at radius 2 is 0.657 bits per heavy atom. The average Bonchev–Trinajstić information content (AvgIpc) is 0.863. The Bertz CT molecular complexity index is 2370. The van der Waals surface area contributed by atoms with Crippen LogP contribution in [-0.2, 0) is 38.2 Å². The van der Waals surface area contributed by atoms with Crippen LogP contribution in [0.1, 0.15) is 301 Å². The van der Waals surface area contributed by atoms with Crippen LogP contribution >= 0.6 is 56.9 Å². The third kappa shape index (κ3) is 53.7. The van der Waals surface area contributed by atoms with Gasteiger partial charge in [-0.25, -0.2) is 14.4 Å². The van der Waals surface area contributed by atoms with E-state index in [9.17, 15) is 38.4 Å². The second-order valence-corrected chi connectivity index (χ2v) is 39.8. The van der Waals surface area contributed by atoms with Gasteiger partial charge in [-0.2, -0.15) is 35.3 Å².